The SMILES string of the molecule is CN(C)CCNc1cc(-c2ccc3ccccc3c2)nc2ccccc12.Cl. The quantitative estimate of drug-likeness (QED) is 0.501. The Hall–Kier alpha value is -2.62. The van der Waals surface area contributed by atoms with Crippen molar-refractivity contribution in [3.63, 3.8) is 0 Å². The summed E-state index contributed by atoms with van der Waals surface area (Å²) in [6.07, 6.45) is 0. The second-order valence-electron chi connectivity index (χ2n) is 6.86. The van der Waals surface area contributed by atoms with Gasteiger partial charge < -0.3 is 10.2 Å². The lowest BCUT2D eigenvalue weighted by molar-refractivity contribution is 0.425. The van der Waals surface area contributed by atoms with Crippen LogP contribution in [-0.4, -0.2) is 37.1 Å². The molecule has 0 bridgehead atoms. The average Bonchev–Trinajstić information content (AvgIpc) is 2.67. The Balaban J connectivity index is 0.00000210. The highest BCUT2D eigenvalue weighted by Gasteiger charge is 2.08. The number of para-hydroxylation sites is 1. The highest BCUT2D eigenvalue weighted by atomic mass is 35.5. The second kappa shape index (κ2) is 8.38. The molecular formula is C23H24ClN3. The Morgan fingerprint density at radius 3 is 2.41 bits per heavy atom. The zero-order valence-corrected chi connectivity index (χ0v) is 16.5. The van der Waals surface area contributed by atoms with Crippen LogP contribution < -0.4 is 5.32 Å². The molecular weight excluding hydrogens is 354 g/mol. The van der Waals surface area contributed by atoms with Crippen molar-refractivity contribution in [2.24, 2.45) is 0 Å². The van der Waals surface area contributed by atoms with Crippen LogP contribution >= 0.6 is 12.4 Å². The van der Waals surface area contributed by atoms with Crippen LogP contribution in [0, 0.1) is 0 Å². The molecule has 0 saturated carbocycles. The normalized spacial score (nSPS) is 10.9. The predicted molar refractivity (Wildman–Crippen MR) is 119 cm³/mol. The molecule has 1 aromatic heterocycles. The van der Waals surface area contributed by atoms with Gasteiger partial charge in [-0.1, -0.05) is 54.6 Å². The van der Waals surface area contributed by atoms with E-state index < -0.39 is 0 Å². The monoisotopic (exact) mass is 377 g/mol. The number of hydrogen-bond acceptors (Lipinski definition) is 3. The van der Waals surface area contributed by atoms with Gasteiger partial charge in [-0.2, -0.15) is 0 Å². The number of nitrogens with zero attached hydrogens (tertiary/aromatic N) is 2. The average molecular weight is 378 g/mol. The maximum Gasteiger partial charge on any atom is 0.0730 e. The zero-order chi connectivity index (χ0) is 17.9. The molecule has 0 atom stereocenters. The van der Waals surface area contributed by atoms with Crippen molar-refractivity contribution in [3.8, 4) is 11.3 Å². The van der Waals surface area contributed by atoms with E-state index in [0.29, 0.717) is 0 Å². The molecule has 1 heterocycles. The number of pyridine rings is 1. The molecule has 4 rings (SSSR count). The zero-order valence-electron chi connectivity index (χ0n) is 15.6. The van der Waals surface area contributed by atoms with E-state index in [2.05, 4.69) is 91.0 Å². The molecule has 3 nitrogen and oxygen atoms in total. The first-order valence-electron chi connectivity index (χ1n) is 8.98. The largest absolute Gasteiger partial charge is 0.383 e. The number of aromatic nitrogens is 1. The summed E-state index contributed by atoms with van der Waals surface area (Å²) >= 11 is 0. The Kier molecular flexibility index (Phi) is 5.94. The van der Waals surface area contributed by atoms with Crippen molar-refractivity contribution in [2.45, 2.75) is 0 Å². The number of benzene rings is 3. The van der Waals surface area contributed by atoms with Crippen LogP contribution in [0.3, 0.4) is 0 Å². The summed E-state index contributed by atoms with van der Waals surface area (Å²) in [4.78, 5) is 7.09. The first-order valence-corrected chi connectivity index (χ1v) is 8.98. The first-order chi connectivity index (χ1) is 12.7. The Morgan fingerprint density at radius 1 is 0.852 bits per heavy atom. The van der Waals surface area contributed by atoms with Gasteiger partial charge in [0.1, 0.15) is 0 Å². The van der Waals surface area contributed by atoms with Gasteiger partial charge in [0.2, 0.25) is 0 Å². The topological polar surface area (TPSA) is 28.2 Å². The minimum Gasteiger partial charge on any atom is -0.383 e. The van der Waals surface area contributed by atoms with E-state index in [9.17, 15) is 0 Å². The van der Waals surface area contributed by atoms with Crippen LogP contribution in [0.2, 0.25) is 0 Å². The number of likely N-dealkylation sites (N-methyl/N-ethyl adjacent to an activating group) is 1. The molecule has 4 heteroatoms. The van der Waals surface area contributed by atoms with E-state index in [0.717, 1.165) is 40.9 Å². The smallest absolute Gasteiger partial charge is 0.0730 e. The molecule has 0 aliphatic rings. The fraction of sp³-hybridized carbons (Fsp3) is 0.174. The van der Waals surface area contributed by atoms with Crippen molar-refractivity contribution in [3.05, 3.63) is 72.8 Å². The molecule has 1 N–H and O–H groups in total. The van der Waals surface area contributed by atoms with Crippen LogP contribution in [0.1, 0.15) is 0 Å². The maximum atomic E-state index is 4.91. The highest BCUT2D eigenvalue weighted by Crippen LogP contribution is 2.30. The number of rotatable bonds is 5. The summed E-state index contributed by atoms with van der Waals surface area (Å²) in [5.41, 5.74) is 4.30. The molecule has 3 aromatic carbocycles. The van der Waals surface area contributed by atoms with Gasteiger partial charge in [0.15, 0.2) is 0 Å². The minimum atomic E-state index is 0. The van der Waals surface area contributed by atoms with Gasteiger partial charge in [-0.3, -0.25) is 0 Å². The summed E-state index contributed by atoms with van der Waals surface area (Å²) in [7, 11) is 4.18. The van der Waals surface area contributed by atoms with E-state index in [1.54, 1.807) is 0 Å². The van der Waals surface area contributed by atoms with E-state index in [1.165, 1.54) is 10.8 Å². The van der Waals surface area contributed by atoms with Crippen molar-refractivity contribution in [1.82, 2.24) is 9.88 Å². The number of hydrogen-bond donors (Lipinski definition) is 1. The Bertz CT molecular complexity index is 1060. The molecule has 0 spiro atoms. The van der Waals surface area contributed by atoms with Gasteiger partial charge in [0.25, 0.3) is 0 Å². The third kappa shape index (κ3) is 4.21. The molecule has 4 aromatic rings. The van der Waals surface area contributed by atoms with Crippen LogP contribution in [0.15, 0.2) is 72.8 Å². The summed E-state index contributed by atoms with van der Waals surface area (Å²) < 4.78 is 0. The van der Waals surface area contributed by atoms with Gasteiger partial charge in [-0.15, -0.1) is 12.4 Å². The van der Waals surface area contributed by atoms with Crippen LogP contribution in [-0.2, 0) is 0 Å². The van der Waals surface area contributed by atoms with Crippen molar-refractivity contribution < 1.29 is 0 Å². The van der Waals surface area contributed by atoms with E-state index in [-0.39, 0.29) is 12.4 Å². The van der Waals surface area contributed by atoms with Gasteiger partial charge in [0, 0.05) is 29.7 Å². The maximum absolute atomic E-state index is 4.91. The third-order valence-corrected chi connectivity index (χ3v) is 4.64. The minimum absolute atomic E-state index is 0. The summed E-state index contributed by atoms with van der Waals surface area (Å²) in [6.45, 7) is 1.89. The Labute approximate surface area is 166 Å². The van der Waals surface area contributed by atoms with Gasteiger partial charge in [0.05, 0.1) is 11.2 Å². The molecule has 27 heavy (non-hydrogen) atoms. The van der Waals surface area contributed by atoms with E-state index >= 15 is 0 Å². The first kappa shape index (κ1) is 19.2. The summed E-state index contributed by atoms with van der Waals surface area (Å²) in [5.74, 6) is 0. The Morgan fingerprint density at radius 2 is 1.59 bits per heavy atom. The standard InChI is InChI=1S/C23H23N3.ClH/c1-26(2)14-13-24-23-16-22(25-21-10-6-5-9-20(21)23)19-12-11-17-7-3-4-8-18(17)15-19;/h3-12,15-16H,13-14H2,1-2H3,(H,24,25);1H. The van der Waals surface area contributed by atoms with Crippen molar-refractivity contribution in [2.75, 3.05) is 32.5 Å². The molecule has 0 aliphatic carbocycles. The number of halogens is 1. The summed E-state index contributed by atoms with van der Waals surface area (Å²) in [6, 6.07) is 25.5. The van der Waals surface area contributed by atoms with Crippen LogP contribution in [0.5, 0.6) is 0 Å². The fourth-order valence-electron chi connectivity index (χ4n) is 3.23. The number of fused-ring (bicyclic) bond motifs is 2. The molecule has 138 valence electrons. The lowest BCUT2D eigenvalue weighted by Crippen LogP contribution is -2.20. The fourth-order valence-corrected chi connectivity index (χ4v) is 3.23. The van der Waals surface area contributed by atoms with Gasteiger partial charge in [-0.05, 0) is 43.1 Å². The number of anilines is 1. The van der Waals surface area contributed by atoms with Gasteiger partial charge >= 0.3 is 0 Å². The molecule has 0 radical (unpaired) electrons. The molecule has 0 unspecified atom stereocenters. The molecule has 0 amide bonds. The predicted octanol–water partition coefficient (Wildman–Crippen LogP) is 5.45. The third-order valence-electron chi connectivity index (χ3n) is 4.64. The highest BCUT2D eigenvalue weighted by molar-refractivity contribution is 5.95. The van der Waals surface area contributed by atoms with E-state index in [4.69, 9.17) is 4.98 Å². The lowest BCUT2D eigenvalue weighted by Gasteiger charge is -2.14. The molecule has 0 saturated heterocycles. The second-order valence-corrected chi connectivity index (χ2v) is 6.86. The van der Waals surface area contributed by atoms with Crippen molar-refractivity contribution >= 4 is 39.8 Å². The van der Waals surface area contributed by atoms with Gasteiger partial charge in [-0.25, -0.2) is 4.98 Å². The van der Waals surface area contributed by atoms with Crippen LogP contribution in [0.25, 0.3) is 32.9 Å². The van der Waals surface area contributed by atoms with Crippen LogP contribution in [0.4, 0.5) is 5.69 Å². The molecule has 0 fully saturated rings. The number of nitrogens with one attached hydrogen (secondary N) is 1. The van der Waals surface area contributed by atoms with Crippen molar-refractivity contribution in [1.29, 1.82) is 0 Å². The summed E-state index contributed by atoms with van der Waals surface area (Å²) in [5, 5.41) is 7.24. The molecule has 0 aliphatic heterocycles. The lowest BCUT2D eigenvalue weighted by atomic mass is 10.0. The van der Waals surface area contributed by atoms with E-state index in [1.807, 2.05) is 6.07 Å².